The fourth-order valence-corrected chi connectivity index (χ4v) is 1.47. The summed E-state index contributed by atoms with van der Waals surface area (Å²) in [5.74, 6) is 0.550. The zero-order valence-corrected chi connectivity index (χ0v) is 10.6. The van der Waals surface area contributed by atoms with Gasteiger partial charge in [-0.1, -0.05) is 32.0 Å². The summed E-state index contributed by atoms with van der Waals surface area (Å²) in [5, 5.41) is 7.79. The van der Waals surface area contributed by atoms with Crippen molar-refractivity contribution in [2.45, 2.75) is 13.8 Å². The second-order valence-corrected chi connectivity index (χ2v) is 4.22. The first-order chi connectivity index (χ1) is 7.58. The highest BCUT2D eigenvalue weighted by Crippen LogP contribution is 2.08. The lowest BCUT2D eigenvalue weighted by molar-refractivity contribution is 0.685. The molecule has 0 spiro atoms. The van der Waals surface area contributed by atoms with Gasteiger partial charge in [-0.3, -0.25) is 4.99 Å². The van der Waals surface area contributed by atoms with E-state index < -0.39 is 0 Å². The van der Waals surface area contributed by atoms with Gasteiger partial charge < -0.3 is 5.32 Å². The molecule has 0 unspecified atom stereocenters. The standard InChI is InChI=1S/C11H17ClN4/c1-5-16-11(13-4)9(6-10(12)15-16)14-7-8(2)3/h5-6,8,14H,1,7H2,2-4H3. The summed E-state index contributed by atoms with van der Waals surface area (Å²) in [5.41, 5.74) is 1.59. The van der Waals surface area contributed by atoms with Gasteiger partial charge in [0.15, 0.2) is 10.6 Å². The Balaban J connectivity index is 3.16. The van der Waals surface area contributed by atoms with Gasteiger partial charge in [0, 0.05) is 25.9 Å². The highest BCUT2D eigenvalue weighted by atomic mass is 35.5. The van der Waals surface area contributed by atoms with E-state index in [1.54, 1.807) is 24.0 Å². The molecular formula is C11H17ClN4. The van der Waals surface area contributed by atoms with E-state index in [0.717, 1.165) is 17.7 Å². The lowest BCUT2D eigenvalue weighted by Gasteiger charge is -2.11. The van der Waals surface area contributed by atoms with Crippen LogP contribution in [0.1, 0.15) is 13.8 Å². The van der Waals surface area contributed by atoms with Gasteiger partial charge in [-0.2, -0.15) is 5.10 Å². The zero-order chi connectivity index (χ0) is 12.1. The van der Waals surface area contributed by atoms with Crippen LogP contribution < -0.4 is 10.8 Å². The van der Waals surface area contributed by atoms with Crippen LogP contribution in [0, 0.1) is 5.92 Å². The van der Waals surface area contributed by atoms with Crippen LogP contribution in [0.3, 0.4) is 0 Å². The van der Waals surface area contributed by atoms with Gasteiger partial charge in [-0.05, 0) is 5.92 Å². The van der Waals surface area contributed by atoms with Crippen LogP contribution in [0.15, 0.2) is 17.6 Å². The summed E-state index contributed by atoms with van der Waals surface area (Å²) < 4.78 is 1.56. The van der Waals surface area contributed by atoms with E-state index in [1.165, 1.54) is 0 Å². The number of hydrogen-bond acceptors (Lipinski definition) is 3. The monoisotopic (exact) mass is 240 g/mol. The molecule has 1 aromatic heterocycles. The van der Waals surface area contributed by atoms with Gasteiger partial charge in [0.05, 0.1) is 5.69 Å². The Morgan fingerprint density at radius 3 is 2.88 bits per heavy atom. The minimum absolute atomic E-state index is 0.415. The number of anilines is 1. The van der Waals surface area contributed by atoms with Crippen molar-refractivity contribution >= 4 is 23.5 Å². The molecule has 16 heavy (non-hydrogen) atoms. The Morgan fingerprint density at radius 1 is 1.69 bits per heavy atom. The van der Waals surface area contributed by atoms with Gasteiger partial charge in [0.25, 0.3) is 0 Å². The third-order valence-electron chi connectivity index (χ3n) is 2.01. The van der Waals surface area contributed by atoms with Crippen LogP contribution in [-0.2, 0) is 0 Å². The predicted octanol–water partition coefficient (Wildman–Crippen LogP) is 2.24. The maximum atomic E-state index is 5.91. The molecule has 5 heteroatoms. The van der Waals surface area contributed by atoms with E-state index in [1.807, 2.05) is 0 Å². The van der Waals surface area contributed by atoms with Crippen molar-refractivity contribution in [3.63, 3.8) is 0 Å². The molecule has 4 nitrogen and oxygen atoms in total. The third kappa shape index (κ3) is 3.10. The average Bonchev–Trinajstić information content (AvgIpc) is 2.25. The van der Waals surface area contributed by atoms with Crippen LogP contribution in [0.25, 0.3) is 6.20 Å². The number of rotatable bonds is 4. The molecule has 0 aliphatic heterocycles. The highest BCUT2D eigenvalue weighted by molar-refractivity contribution is 6.29. The number of nitrogens with one attached hydrogen (secondary N) is 1. The third-order valence-corrected chi connectivity index (χ3v) is 2.19. The molecule has 0 amide bonds. The van der Waals surface area contributed by atoms with Crippen molar-refractivity contribution in [1.29, 1.82) is 0 Å². The Hall–Kier alpha value is -1.29. The lowest BCUT2D eigenvalue weighted by Crippen LogP contribution is -2.25. The van der Waals surface area contributed by atoms with E-state index in [2.05, 4.69) is 35.8 Å². The topological polar surface area (TPSA) is 42.2 Å². The maximum Gasteiger partial charge on any atom is 0.172 e. The number of hydrogen-bond donors (Lipinski definition) is 1. The molecule has 0 radical (unpaired) electrons. The van der Waals surface area contributed by atoms with E-state index in [4.69, 9.17) is 11.6 Å². The highest BCUT2D eigenvalue weighted by Gasteiger charge is 2.03. The van der Waals surface area contributed by atoms with Gasteiger partial charge in [0.1, 0.15) is 0 Å². The van der Waals surface area contributed by atoms with E-state index in [0.29, 0.717) is 11.1 Å². The molecule has 0 bridgehead atoms. The Bertz CT molecular complexity index is 434. The Morgan fingerprint density at radius 2 is 2.38 bits per heavy atom. The van der Waals surface area contributed by atoms with Crippen molar-refractivity contribution in [1.82, 2.24) is 9.78 Å². The number of aromatic nitrogens is 2. The molecule has 0 fully saturated rings. The maximum absolute atomic E-state index is 5.91. The molecule has 88 valence electrons. The van der Waals surface area contributed by atoms with E-state index >= 15 is 0 Å². The summed E-state index contributed by atoms with van der Waals surface area (Å²) in [4.78, 5) is 4.17. The Labute approximate surface area is 101 Å². The average molecular weight is 241 g/mol. The zero-order valence-electron chi connectivity index (χ0n) is 9.87. The largest absolute Gasteiger partial charge is 0.382 e. The second kappa shape index (κ2) is 5.70. The first-order valence-corrected chi connectivity index (χ1v) is 5.55. The normalized spacial score (nSPS) is 11.9. The van der Waals surface area contributed by atoms with Gasteiger partial charge in [-0.25, -0.2) is 4.68 Å². The molecule has 0 atom stereocenters. The van der Waals surface area contributed by atoms with Crippen LogP contribution in [0.2, 0.25) is 5.15 Å². The van der Waals surface area contributed by atoms with Crippen molar-refractivity contribution in [2.75, 3.05) is 18.9 Å². The van der Waals surface area contributed by atoms with Gasteiger partial charge >= 0.3 is 0 Å². The molecule has 1 heterocycles. The molecule has 0 saturated heterocycles. The summed E-state index contributed by atoms with van der Waals surface area (Å²) in [6.07, 6.45) is 1.58. The molecule has 0 aromatic carbocycles. The molecule has 0 saturated carbocycles. The number of halogens is 1. The van der Waals surface area contributed by atoms with E-state index in [-0.39, 0.29) is 0 Å². The smallest absolute Gasteiger partial charge is 0.172 e. The van der Waals surface area contributed by atoms with Crippen LogP contribution in [-0.4, -0.2) is 23.4 Å². The first-order valence-electron chi connectivity index (χ1n) is 5.17. The van der Waals surface area contributed by atoms with Crippen LogP contribution in [0.5, 0.6) is 0 Å². The van der Waals surface area contributed by atoms with Crippen molar-refractivity contribution in [2.24, 2.45) is 10.9 Å². The van der Waals surface area contributed by atoms with Crippen LogP contribution >= 0.6 is 11.6 Å². The van der Waals surface area contributed by atoms with Crippen molar-refractivity contribution in [3.05, 3.63) is 23.3 Å². The Kier molecular flexibility index (Phi) is 4.55. The molecule has 0 aliphatic carbocycles. The quantitative estimate of drug-likeness (QED) is 0.877. The molecular weight excluding hydrogens is 224 g/mol. The summed E-state index contributed by atoms with van der Waals surface area (Å²) in [6.45, 7) is 8.81. The first kappa shape index (κ1) is 12.8. The fraction of sp³-hybridized carbons (Fsp3) is 0.455. The molecule has 1 aromatic rings. The number of nitrogens with zero attached hydrogens (tertiary/aromatic N) is 3. The molecule has 0 aliphatic rings. The van der Waals surface area contributed by atoms with E-state index in [9.17, 15) is 0 Å². The summed E-state index contributed by atoms with van der Waals surface area (Å²) in [6, 6.07) is 1.77. The minimum atomic E-state index is 0.415. The lowest BCUT2D eigenvalue weighted by atomic mass is 10.2. The van der Waals surface area contributed by atoms with Crippen LogP contribution in [0.4, 0.5) is 5.69 Å². The van der Waals surface area contributed by atoms with Gasteiger partial charge in [0.2, 0.25) is 0 Å². The van der Waals surface area contributed by atoms with Crippen molar-refractivity contribution < 1.29 is 0 Å². The minimum Gasteiger partial charge on any atom is -0.382 e. The second-order valence-electron chi connectivity index (χ2n) is 3.83. The molecule has 1 N–H and O–H groups in total. The molecule has 1 rings (SSSR count). The SMILES string of the molecule is C=Cn1nc(Cl)cc(NCC(C)C)c1=NC. The summed E-state index contributed by atoms with van der Waals surface area (Å²) >= 11 is 5.91. The van der Waals surface area contributed by atoms with Gasteiger partial charge in [-0.15, -0.1) is 0 Å². The summed E-state index contributed by atoms with van der Waals surface area (Å²) in [7, 11) is 1.71. The predicted molar refractivity (Wildman–Crippen MR) is 68.4 cm³/mol. The fourth-order valence-electron chi connectivity index (χ4n) is 1.28. The van der Waals surface area contributed by atoms with Crippen molar-refractivity contribution in [3.8, 4) is 0 Å².